The minimum absolute atomic E-state index is 1.17. The van der Waals surface area contributed by atoms with Crippen LogP contribution in [-0.2, 0) is 3.63 Å². The Balaban J connectivity index is 2.92. The van der Waals surface area contributed by atoms with Gasteiger partial charge in [0.05, 0.1) is 0 Å². The fourth-order valence-electron chi connectivity index (χ4n) is 2.69. The molecule has 0 N–H and O–H groups in total. The number of hydrogen-bond acceptors (Lipinski definition) is 3. The maximum Gasteiger partial charge on any atom is 0.0210 e. The van der Waals surface area contributed by atoms with E-state index in [1.54, 1.807) is 24.1 Å². The second-order valence-corrected chi connectivity index (χ2v) is 8.49. The molecule has 0 fully saturated rings. The predicted octanol–water partition coefficient (Wildman–Crippen LogP) is 8.58. The van der Waals surface area contributed by atoms with E-state index in [2.05, 4.69) is 13.8 Å². The summed E-state index contributed by atoms with van der Waals surface area (Å²) in [6.45, 7) is 4.56. The molecule has 0 heterocycles. The largest absolute Gasteiger partial charge is 0.247 e. The van der Waals surface area contributed by atoms with Crippen LogP contribution in [0.25, 0.3) is 0 Å². The molecule has 23 heavy (non-hydrogen) atoms. The summed E-state index contributed by atoms with van der Waals surface area (Å²) in [6.07, 6.45) is 22.4. The SMILES string of the molecule is CCCCCCCCCCSOSCCCCCCCCCC. The third-order valence-corrected chi connectivity index (χ3v) is 5.94. The quantitative estimate of drug-likeness (QED) is 0.158. The topological polar surface area (TPSA) is 9.23 Å². The van der Waals surface area contributed by atoms with Gasteiger partial charge in [-0.05, 0) is 12.8 Å². The second kappa shape index (κ2) is 22.7. The Labute approximate surface area is 155 Å². The highest BCUT2D eigenvalue weighted by Crippen LogP contribution is 2.19. The first-order chi connectivity index (χ1) is 11.4. The minimum Gasteiger partial charge on any atom is -0.247 e. The van der Waals surface area contributed by atoms with Crippen LogP contribution in [-0.4, -0.2) is 11.5 Å². The van der Waals surface area contributed by atoms with Gasteiger partial charge in [0, 0.05) is 35.6 Å². The zero-order valence-electron chi connectivity index (χ0n) is 16.0. The summed E-state index contributed by atoms with van der Waals surface area (Å²) in [7, 11) is 0. The van der Waals surface area contributed by atoms with Crippen LogP contribution in [0.2, 0.25) is 0 Å². The zero-order valence-corrected chi connectivity index (χ0v) is 17.6. The number of unbranched alkanes of at least 4 members (excludes halogenated alkanes) is 14. The fourth-order valence-corrected chi connectivity index (χ4v) is 4.15. The van der Waals surface area contributed by atoms with Gasteiger partial charge >= 0.3 is 0 Å². The molecule has 0 radical (unpaired) electrons. The molecular formula is C20H42OS2. The van der Waals surface area contributed by atoms with Crippen molar-refractivity contribution >= 4 is 24.1 Å². The van der Waals surface area contributed by atoms with Crippen LogP contribution in [0.1, 0.15) is 117 Å². The van der Waals surface area contributed by atoms with Gasteiger partial charge in [-0.15, -0.1) is 0 Å². The summed E-state index contributed by atoms with van der Waals surface area (Å²) in [5.41, 5.74) is 0. The molecule has 0 aliphatic heterocycles. The van der Waals surface area contributed by atoms with E-state index >= 15 is 0 Å². The molecule has 0 bridgehead atoms. The molecule has 0 rings (SSSR count). The van der Waals surface area contributed by atoms with Crippen LogP contribution >= 0.6 is 24.1 Å². The van der Waals surface area contributed by atoms with Gasteiger partial charge in [-0.2, -0.15) is 0 Å². The van der Waals surface area contributed by atoms with E-state index in [4.69, 9.17) is 3.63 Å². The van der Waals surface area contributed by atoms with Gasteiger partial charge < -0.3 is 0 Å². The van der Waals surface area contributed by atoms with Crippen LogP contribution in [0.3, 0.4) is 0 Å². The second-order valence-electron chi connectivity index (χ2n) is 6.66. The van der Waals surface area contributed by atoms with Crippen molar-refractivity contribution in [3.63, 3.8) is 0 Å². The number of hydrogen-bond donors (Lipinski definition) is 0. The third-order valence-electron chi connectivity index (χ3n) is 4.26. The molecule has 0 saturated heterocycles. The smallest absolute Gasteiger partial charge is 0.0210 e. The summed E-state index contributed by atoms with van der Waals surface area (Å²) in [6, 6.07) is 0. The van der Waals surface area contributed by atoms with E-state index < -0.39 is 0 Å². The Hall–Kier alpha value is 0.660. The Bertz CT molecular complexity index is 180. The average Bonchev–Trinajstić information content (AvgIpc) is 2.57. The van der Waals surface area contributed by atoms with E-state index in [0.29, 0.717) is 0 Å². The molecule has 0 spiro atoms. The molecule has 0 aromatic rings. The highest BCUT2D eigenvalue weighted by Gasteiger charge is 1.96. The van der Waals surface area contributed by atoms with Crippen molar-refractivity contribution in [3.8, 4) is 0 Å². The molecule has 0 atom stereocenters. The highest BCUT2D eigenvalue weighted by molar-refractivity contribution is 8.07. The Morgan fingerprint density at radius 1 is 0.435 bits per heavy atom. The molecular weight excluding hydrogens is 320 g/mol. The van der Waals surface area contributed by atoms with Crippen LogP contribution in [0, 0.1) is 0 Å². The summed E-state index contributed by atoms with van der Waals surface area (Å²) in [5, 5.41) is 0. The minimum atomic E-state index is 1.17. The Kier molecular flexibility index (Phi) is 23.3. The molecule has 0 amide bonds. The molecule has 3 heteroatoms. The maximum absolute atomic E-state index is 5.59. The van der Waals surface area contributed by atoms with E-state index in [0.717, 1.165) is 0 Å². The highest BCUT2D eigenvalue weighted by atomic mass is 32.2. The van der Waals surface area contributed by atoms with Crippen molar-refractivity contribution in [1.82, 2.24) is 0 Å². The lowest BCUT2D eigenvalue weighted by atomic mass is 10.1. The van der Waals surface area contributed by atoms with Crippen LogP contribution < -0.4 is 0 Å². The van der Waals surface area contributed by atoms with Gasteiger partial charge in [0.15, 0.2) is 0 Å². The van der Waals surface area contributed by atoms with Crippen molar-refractivity contribution in [2.75, 3.05) is 11.5 Å². The zero-order chi connectivity index (χ0) is 16.8. The Morgan fingerprint density at radius 2 is 0.739 bits per heavy atom. The first kappa shape index (κ1) is 23.7. The third kappa shape index (κ3) is 22.7. The molecule has 1 nitrogen and oxygen atoms in total. The molecule has 140 valence electrons. The van der Waals surface area contributed by atoms with Crippen molar-refractivity contribution < 1.29 is 3.63 Å². The van der Waals surface area contributed by atoms with Gasteiger partial charge in [-0.1, -0.05) is 104 Å². The summed E-state index contributed by atoms with van der Waals surface area (Å²) in [5.74, 6) is 2.33. The van der Waals surface area contributed by atoms with Gasteiger partial charge in [0.2, 0.25) is 0 Å². The monoisotopic (exact) mass is 362 g/mol. The predicted molar refractivity (Wildman–Crippen MR) is 111 cm³/mol. The summed E-state index contributed by atoms with van der Waals surface area (Å²) in [4.78, 5) is 0. The van der Waals surface area contributed by atoms with Gasteiger partial charge in [0.25, 0.3) is 0 Å². The van der Waals surface area contributed by atoms with Crippen molar-refractivity contribution in [3.05, 3.63) is 0 Å². The lowest BCUT2D eigenvalue weighted by molar-refractivity contribution is 0.584. The van der Waals surface area contributed by atoms with E-state index in [1.807, 2.05) is 0 Å². The van der Waals surface area contributed by atoms with E-state index in [-0.39, 0.29) is 0 Å². The van der Waals surface area contributed by atoms with Gasteiger partial charge in [-0.3, -0.25) is 0 Å². The molecule has 0 saturated carbocycles. The van der Waals surface area contributed by atoms with Crippen LogP contribution in [0.15, 0.2) is 0 Å². The van der Waals surface area contributed by atoms with Gasteiger partial charge in [-0.25, -0.2) is 3.63 Å². The van der Waals surface area contributed by atoms with Crippen molar-refractivity contribution in [2.45, 2.75) is 117 Å². The molecule has 0 aromatic carbocycles. The first-order valence-corrected chi connectivity index (χ1v) is 12.1. The van der Waals surface area contributed by atoms with Gasteiger partial charge in [0.1, 0.15) is 0 Å². The summed E-state index contributed by atoms with van der Waals surface area (Å²) < 4.78 is 5.59. The fraction of sp³-hybridized carbons (Fsp3) is 1.00. The van der Waals surface area contributed by atoms with Crippen LogP contribution in [0.4, 0.5) is 0 Å². The normalized spacial score (nSPS) is 11.2. The summed E-state index contributed by atoms with van der Waals surface area (Å²) >= 11 is 3.33. The van der Waals surface area contributed by atoms with Crippen molar-refractivity contribution in [2.24, 2.45) is 0 Å². The van der Waals surface area contributed by atoms with E-state index in [1.165, 1.54) is 114 Å². The standard InChI is InChI=1S/C20H42OS2/c1-3-5-7-9-11-13-15-17-19-22-21-23-20-18-16-14-12-10-8-6-4-2/h3-20H2,1-2H3. The molecule has 0 unspecified atom stereocenters. The molecule has 0 aliphatic rings. The maximum atomic E-state index is 5.59. The lowest BCUT2D eigenvalue weighted by Gasteiger charge is -2.03. The van der Waals surface area contributed by atoms with E-state index in [9.17, 15) is 0 Å². The van der Waals surface area contributed by atoms with Crippen LogP contribution in [0.5, 0.6) is 0 Å². The molecule has 0 aliphatic carbocycles. The first-order valence-electron chi connectivity index (χ1n) is 10.3. The van der Waals surface area contributed by atoms with Crippen molar-refractivity contribution in [1.29, 1.82) is 0 Å². The average molecular weight is 363 g/mol. The lowest BCUT2D eigenvalue weighted by Crippen LogP contribution is -1.85. The Morgan fingerprint density at radius 3 is 1.09 bits per heavy atom. The molecule has 0 aromatic heterocycles. The number of rotatable bonds is 20.